The lowest BCUT2D eigenvalue weighted by atomic mass is 10.1. The van der Waals surface area contributed by atoms with Gasteiger partial charge < -0.3 is 37.1 Å². The van der Waals surface area contributed by atoms with Gasteiger partial charge in [0.05, 0.1) is 12.1 Å². The summed E-state index contributed by atoms with van der Waals surface area (Å²) >= 11 is 0. The summed E-state index contributed by atoms with van der Waals surface area (Å²) in [5.41, 5.74) is 9.09. The zero-order chi connectivity index (χ0) is 38.2. The van der Waals surface area contributed by atoms with E-state index in [-0.39, 0.29) is 35.8 Å². The van der Waals surface area contributed by atoms with E-state index >= 15 is 0 Å². The van der Waals surface area contributed by atoms with E-state index in [1.54, 1.807) is 0 Å². The highest BCUT2D eigenvalue weighted by atomic mass is 16.5. The van der Waals surface area contributed by atoms with Crippen LogP contribution < -0.4 is 22.1 Å². The van der Waals surface area contributed by atoms with Crippen molar-refractivity contribution >= 4 is 65.7 Å². The Morgan fingerprint density at radius 3 is 1.62 bits per heavy atom. The van der Waals surface area contributed by atoms with Crippen LogP contribution in [0, 0.1) is 0 Å². The summed E-state index contributed by atoms with van der Waals surface area (Å²) in [7, 11) is 0. The lowest BCUT2D eigenvalue weighted by molar-refractivity contribution is -0.186. The minimum atomic E-state index is -2.20. The van der Waals surface area contributed by atoms with Gasteiger partial charge in [0.15, 0.2) is 5.60 Å². The van der Waals surface area contributed by atoms with Crippen LogP contribution in [-0.4, -0.2) is 128 Å². The van der Waals surface area contributed by atoms with Crippen LogP contribution in [0.15, 0.2) is 12.2 Å². The molecule has 1 rings (SSSR count). The number of imide groups is 3. The molecule has 8 N–H and O–H groups in total. The minimum absolute atomic E-state index is 0.0899. The molecule has 8 amide bonds. The van der Waals surface area contributed by atoms with Crippen LogP contribution in [0.1, 0.15) is 65.2 Å². The third-order valence-electron chi connectivity index (χ3n) is 6.87. The van der Waals surface area contributed by atoms with Gasteiger partial charge in [0.25, 0.3) is 29.5 Å². The number of carbonyl (C=O) groups is 10. The summed E-state index contributed by atoms with van der Waals surface area (Å²) in [6.45, 7) is 1.77. The number of carboxylic acid groups (broad SMARTS) is 2. The predicted octanol–water partition coefficient (Wildman–Crippen LogP) is -3.42. The molecular formula is C29H40N7O14. The molecule has 0 unspecified atom stereocenters. The number of rotatable bonds is 21. The summed E-state index contributed by atoms with van der Waals surface area (Å²) in [4.78, 5) is 136. The molecular weight excluding hydrogens is 670 g/mol. The second kappa shape index (κ2) is 20.1. The summed E-state index contributed by atoms with van der Waals surface area (Å²) in [6.07, 6.45) is -1.67. The number of ether oxygens (including phenoxy) is 1. The molecule has 50 heavy (non-hydrogen) atoms. The second-order valence-corrected chi connectivity index (χ2v) is 11.2. The first-order chi connectivity index (χ1) is 23.3. The van der Waals surface area contributed by atoms with E-state index in [0.29, 0.717) is 0 Å². The molecule has 0 aromatic heterocycles. The van der Waals surface area contributed by atoms with Crippen molar-refractivity contribution in [1.82, 2.24) is 25.6 Å². The van der Waals surface area contributed by atoms with Crippen molar-refractivity contribution in [2.24, 2.45) is 11.5 Å². The highest BCUT2D eigenvalue weighted by Crippen LogP contribution is 2.19. The largest absolute Gasteiger partial charge is 0.481 e. The first kappa shape index (κ1) is 42.5. The molecule has 1 radical (unpaired) electrons. The topological polar surface area (TPSA) is 323 Å². The van der Waals surface area contributed by atoms with Gasteiger partial charge >= 0.3 is 18.4 Å². The Morgan fingerprint density at radius 1 is 0.780 bits per heavy atom. The number of aliphatic carboxylic acids is 2. The van der Waals surface area contributed by atoms with Gasteiger partial charge in [-0.3, -0.25) is 52.8 Å². The number of hydrogen-bond donors (Lipinski definition) is 6. The maximum Gasteiger partial charge on any atom is 0.418 e. The molecule has 0 saturated heterocycles. The summed E-state index contributed by atoms with van der Waals surface area (Å²) < 4.78 is 4.67. The summed E-state index contributed by atoms with van der Waals surface area (Å²) in [5, 5.41) is 22.4. The predicted molar refractivity (Wildman–Crippen MR) is 165 cm³/mol. The molecule has 1 heterocycles. The van der Waals surface area contributed by atoms with Crippen LogP contribution >= 0.6 is 0 Å². The van der Waals surface area contributed by atoms with E-state index < -0.39 is 122 Å². The van der Waals surface area contributed by atoms with Crippen LogP contribution in [0.3, 0.4) is 0 Å². The van der Waals surface area contributed by atoms with Crippen molar-refractivity contribution in [3.05, 3.63) is 12.2 Å². The fourth-order valence-electron chi connectivity index (χ4n) is 4.11. The minimum Gasteiger partial charge on any atom is -0.481 e. The number of nitrogens with zero attached hydrogens (tertiary/aromatic N) is 3. The molecule has 1 aliphatic rings. The van der Waals surface area contributed by atoms with Crippen molar-refractivity contribution < 1.29 is 67.7 Å². The zero-order valence-corrected chi connectivity index (χ0v) is 27.4. The molecule has 21 nitrogen and oxygen atoms in total. The lowest BCUT2D eigenvalue weighted by Gasteiger charge is -2.35. The van der Waals surface area contributed by atoms with Gasteiger partial charge in [0.2, 0.25) is 17.7 Å². The molecule has 275 valence electrons. The second-order valence-electron chi connectivity index (χ2n) is 11.2. The highest BCUT2D eigenvalue weighted by molar-refractivity contribution is 6.13. The third-order valence-corrected chi connectivity index (χ3v) is 6.87. The van der Waals surface area contributed by atoms with Crippen molar-refractivity contribution in [2.75, 3.05) is 19.6 Å². The summed E-state index contributed by atoms with van der Waals surface area (Å²) in [6, 6.07) is -2.54. The van der Waals surface area contributed by atoms with Crippen molar-refractivity contribution in [1.29, 1.82) is 0 Å². The van der Waals surface area contributed by atoms with Gasteiger partial charge in [-0.05, 0) is 33.1 Å². The van der Waals surface area contributed by atoms with Gasteiger partial charge in [0, 0.05) is 63.9 Å². The Hall–Kier alpha value is -5.57. The molecule has 0 aromatic carbocycles. The monoisotopic (exact) mass is 710 g/mol. The van der Waals surface area contributed by atoms with Gasteiger partial charge in [-0.15, -0.1) is 0 Å². The lowest BCUT2D eigenvalue weighted by Crippen LogP contribution is -2.61. The summed E-state index contributed by atoms with van der Waals surface area (Å²) in [5.74, 6) is -10.5. The molecule has 21 heteroatoms. The van der Waals surface area contributed by atoms with Gasteiger partial charge in [-0.25, -0.2) is 4.79 Å². The molecule has 0 bridgehead atoms. The van der Waals surface area contributed by atoms with Crippen LogP contribution in [0.5, 0.6) is 0 Å². The first-order valence-corrected chi connectivity index (χ1v) is 15.2. The number of carboxylic acids is 2. The van der Waals surface area contributed by atoms with Gasteiger partial charge in [-0.2, -0.15) is 10.0 Å². The molecule has 0 saturated carbocycles. The van der Waals surface area contributed by atoms with Crippen molar-refractivity contribution in [3.8, 4) is 0 Å². The Labute approximate surface area is 285 Å². The first-order valence-electron chi connectivity index (χ1n) is 15.2. The molecule has 0 aliphatic carbocycles. The number of hydrazine groups is 1. The standard InChI is InChI=1S/C29H40N7O14/c1-29(2,50-16-37)28(49)36(23(42)12-14-33-27(48)18(31)6-10-25(45)46)35(21(40)4-3-15-34-19(38)7-8-20(34)39)22(41)11-13-32-26(47)17(30)5-9-24(43)44/h7-8,17-18H,3-6,9-15,30-31H2,1-2H3,(H,32,47)(H,33,48)(H,43,44)(H,45,46)/t17-,18-/m0/s1. The Balaban J connectivity index is 3.31. The quantitative estimate of drug-likeness (QED) is 0.0499. The smallest absolute Gasteiger partial charge is 0.418 e. The Kier molecular flexibility index (Phi) is 17.0. The van der Waals surface area contributed by atoms with Gasteiger partial charge in [-0.1, -0.05) is 0 Å². The fraction of sp³-hybridized carbons (Fsp3) is 0.552. The fourth-order valence-corrected chi connectivity index (χ4v) is 4.11. The zero-order valence-electron chi connectivity index (χ0n) is 27.4. The average molecular weight is 711 g/mol. The van der Waals surface area contributed by atoms with Crippen LogP contribution in [0.25, 0.3) is 0 Å². The number of nitrogens with two attached hydrogens (primary N) is 2. The normalized spacial score (nSPS) is 13.6. The van der Waals surface area contributed by atoms with Crippen LogP contribution in [0.4, 0.5) is 0 Å². The molecule has 0 aromatic rings. The van der Waals surface area contributed by atoms with Crippen molar-refractivity contribution in [3.63, 3.8) is 0 Å². The SMILES string of the molecule is CC(C)(O[C]=O)C(=O)N(C(=O)CCNC(=O)[C@@H](N)CCC(=O)O)N(C(=O)CCCN1C(=O)C=CC1=O)C(=O)CCNC(=O)[C@@H](N)CCC(=O)O. The number of nitrogens with one attached hydrogen (secondary N) is 2. The number of hydrogen-bond acceptors (Lipinski definition) is 14. The Morgan fingerprint density at radius 2 is 1.20 bits per heavy atom. The number of amides is 8. The molecule has 1 aliphatic heterocycles. The molecule has 2 atom stereocenters. The van der Waals surface area contributed by atoms with E-state index in [0.717, 1.165) is 37.4 Å². The highest BCUT2D eigenvalue weighted by Gasteiger charge is 2.44. The number of carbonyl (C=O) groups excluding carboxylic acids is 9. The van der Waals surface area contributed by atoms with Crippen LogP contribution in [-0.2, 0) is 57.5 Å². The van der Waals surface area contributed by atoms with E-state index in [2.05, 4.69) is 15.4 Å². The maximum atomic E-state index is 13.6. The van der Waals surface area contributed by atoms with E-state index in [1.165, 1.54) is 0 Å². The van der Waals surface area contributed by atoms with Crippen molar-refractivity contribution in [2.45, 2.75) is 82.9 Å². The third kappa shape index (κ3) is 13.5. The Bertz CT molecular complexity index is 1380. The van der Waals surface area contributed by atoms with Gasteiger partial charge in [0.1, 0.15) is 0 Å². The maximum absolute atomic E-state index is 13.6. The average Bonchev–Trinajstić information content (AvgIpc) is 3.36. The molecule has 0 spiro atoms. The van der Waals surface area contributed by atoms with E-state index in [9.17, 15) is 52.7 Å². The van der Waals surface area contributed by atoms with E-state index in [1.807, 2.05) is 0 Å². The van der Waals surface area contributed by atoms with Crippen LogP contribution in [0.2, 0.25) is 0 Å². The molecule has 0 fully saturated rings. The van der Waals surface area contributed by atoms with E-state index in [4.69, 9.17) is 21.7 Å².